The molecule has 13 heavy (non-hydrogen) atoms. The fourth-order valence-corrected chi connectivity index (χ4v) is 1.49. The first-order valence-electron chi connectivity index (χ1n) is 3.81. The maximum Gasteiger partial charge on any atom is 0.123 e. The van der Waals surface area contributed by atoms with Crippen LogP contribution < -0.4 is 5.73 Å². The molecule has 1 unspecified atom stereocenters. The van der Waals surface area contributed by atoms with Gasteiger partial charge in [0.15, 0.2) is 0 Å². The summed E-state index contributed by atoms with van der Waals surface area (Å²) in [5.41, 5.74) is 6.79. The molecular formula is C9H12Br2FN. The van der Waals surface area contributed by atoms with E-state index in [0.717, 1.165) is 17.3 Å². The van der Waals surface area contributed by atoms with Gasteiger partial charge in [-0.3, -0.25) is 0 Å². The molecule has 1 atom stereocenters. The monoisotopic (exact) mass is 311 g/mol. The van der Waals surface area contributed by atoms with Crippen LogP contribution in [0.1, 0.15) is 18.0 Å². The van der Waals surface area contributed by atoms with E-state index in [1.165, 1.54) is 12.1 Å². The predicted octanol–water partition coefficient (Wildman–Crippen LogP) is 3.19. The molecule has 0 heterocycles. The summed E-state index contributed by atoms with van der Waals surface area (Å²) >= 11 is 3.31. The Morgan fingerprint density at radius 3 is 2.31 bits per heavy atom. The normalized spacial score (nSPS) is 11.9. The topological polar surface area (TPSA) is 26.0 Å². The smallest absolute Gasteiger partial charge is 0.123 e. The summed E-state index contributed by atoms with van der Waals surface area (Å²) in [5, 5.41) is 0.867. The molecular weight excluding hydrogens is 301 g/mol. The number of rotatable bonds is 3. The zero-order chi connectivity index (χ0) is 8.97. The predicted molar refractivity (Wildman–Crippen MR) is 62.1 cm³/mol. The van der Waals surface area contributed by atoms with Gasteiger partial charge in [0.2, 0.25) is 0 Å². The van der Waals surface area contributed by atoms with Crippen LogP contribution in [0.4, 0.5) is 4.39 Å². The van der Waals surface area contributed by atoms with Crippen LogP contribution in [-0.2, 0) is 0 Å². The van der Waals surface area contributed by atoms with Crippen molar-refractivity contribution in [2.24, 2.45) is 5.73 Å². The van der Waals surface area contributed by atoms with E-state index in [9.17, 15) is 4.39 Å². The van der Waals surface area contributed by atoms with E-state index in [-0.39, 0.29) is 28.8 Å². The van der Waals surface area contributed by atoms with Crippen LogP contribution in [0.2, 0.25) is 0 Å². The third-order valence-corrected chi connectivity index (χ3v) is 2.18. The summed E-state index contributed by atoms with van der Waals surface area (Å²) in [7, 11) is 0. The van der Waals surface area contributed by atoms with Gasteiger partial charge in [-0.05, 0) is 24.1 Å². The molecule has 0 aromatic heterocycles. The zero-order valence-corrected chi connectivity index (χ0v) is 10.3. The lowest BCUT2D eigenvalue weighted by Gasteiger charge is -2.09. The summed E-state index contributed by atoms with van der Waals surface area (Å²) in [6, 6.07) is 6.32. The minimum absolute atomic E-state index is 0. The fraction of sp³-hybridized carbons (Fsp3) is 0.333. The van der Waals surface area contributed by atoms with Crippen LogP contribution >= 0.6 is 32.9 Å². The molecule has 1 rings (SSSR count). The first kappa shape index (κ1) is 13.1. The number of alkyl halides is 1. The van der Waals surface area contributed by atoms with Crippen molar-refractivity contribution in [3.8, 4) is 0 Å². The lowest BCUT2D eigenvalue weighted by atomic mass is 10.1. The highest BCUT2D eigenvalue weighted by atomic mass is 79.9. The number of nitrogens with two attached hydrogens (primary N) is 1. The lowest BCUT2D eigenvalue weighted by Crippen LogP contribution is -2.10. The number of halogens is 3. The molecule has 0 radical (unpaired) electrons. The summed E-state index contributed by atoms with van der Waals surface area (Å²) in [4.78, 5) is 0. The minimum Gasteiger partial charge on any atom is -0.324 e. The molecule has 0 saturated heterocycles. The van der Waals surface area contributed by atoms with Gasteiger partial charge in [-0.15, -0.1) is 17.0 Å². The maximum absolute atomic E-state index is 12.5. The van der Waals surface area contributed by atoms with Gasteiger partial charge < -0.3 is 5.73 Å². The van der Waals surface area contributed by atoms with Crippen LogP contribution in [0.15, 0.2) is 24.3 Å². The molecule has 74 valence electrons. The molecule has 0 saturated carbocycles. The van der Waals surface area contributed by atoms with Gasteiger partial charge in [0, 0.05) is 11.4 Å². The number of benzene rings is 1. The summed E-state index contributed by atoms with van der Waals surface area (Å²) in [5.74, 6) is -0.218. The molecule has 4 heteroatoms. The van der Waals surface area contributed by atoms with E-state index in [4.69, 9.17) is 5.73 Å². The first-order chi connectivity index (χ1) is 5.74. The standard InChI is InChI=1S/C9H11BrFN.BrH/c10-6-5-9(12)7-1-3-8(11)4-2-7;/h1-4,9H,5-6,12H2;1H. The second kappa shape index (κ2) is 6.51. The zero-order valence-electron chi connectivity index (χ0n) is 7.04. The van der Waals surface area contributed by atoms with Gasteiger partial charge in [0.1, 0.15) is 5.82 Å². The molecule has 0 amide bonds. The highest BCUT2D eigenvalue weighted by molar-refractivity contribution is 9.09. The largest absolute Gasteiger partial charge is 0.324 e. The van der Waals surface area contributed by atoms with E-state index in [1.54, 1.807) is 12.1 Å². The average molecular weight is 313 g/mol. The van der Waals surface area contributed by atoms with E-state index < -0.39 is 0 Å². The van der Waals surface area contributed by atoms with Crippen LogP contribution in [0.5, 0.6) is 0 Å². The van der Waals surface area contributed by atoms with Gasteiger partial charge in [0.25, 0.3) is 0 Å². The lowest BCUT2D eigenvalue weighted by molar-refractivity contribution is 0.624. The third kappa shape index (κ3) is 4.20. The first-order valence-corrected chi connectivity index (χ1v) is 4.93. The molecule has 0 fully saturated rings. The van der Waals surface area contributed by atoms with Crippen LogP contribution in [-0.4, -0.2) is 5.33 Å². The third-order valence-electron chi connectivity index (χ3n) is 1.72. The van der Waals surface area contributed by atoms with Crippen molar-refractivity contribution in [3.05, 3.63) is 35.6 Å². The molecule has 1 nitrogen and oxygen atoms in total. The Bertz CT molecular complexity index is 238. The maximum atomic E-state index is 12.5. The van der Waals surface area contributed by atoms with Gasteiger partial charge in [-0.1, -0.05) is 28.1 Å². The highest BCUT2D eigenvalue weighted by Crippen LogP contribution is 2.14. The SMILES string of the molecule is Br.NC(CCBr)c1ccc(F)cc1. The van der Waals surface area contributed by atoms with Crippen molar-refractivity contribution in [2.45, 2.75) is 12.5 Å². The molecule has 2 N–H and O–H groups in total. The van der Waals surface area contributed by atoms with E-state index >= 15 is 0 Å². The highest BCUT2D eigenvalue weighted by Gasteiger charge is 2.03. The summed E-state index contributed by atoms with van der Waals surface area (Å²) in [6.45, 7) is 0. The van der Waals surface area contributed by atoms with Crippen molar-refractivity contribution in [2.75, 3.05) is 5.33 Å². The van der Waals surface area contributed by atoms with Crippen molar-refractivity contribution < 1.29 is 4.39 Å². The van der Waals surface area contributed by atoms with E-state index in [0.29, 0.717) is 0 Å². The van der Waals surface area contributed by atoms with E-state index in [1.807, 2.05) is 0 Å². The summed E-state index contributed by atoms with van der Waals surface area (Å²) < 4.78 is 12.5. The van der Waals surface area contributed by atoms with E-state index in [2.05, 4.69) is 15.9 Å². The van der Waals surface area contributed by atoms with Crippen LogP contribution in [0.25, 0.3) is 0 Å². The fourth-order valence-electron chi connectivity index (χ4n) is 0.994. The van der Waals surface area contributed by atoms with Crippen LogP contribution in [0, 0.1) is 5.82 Å². The Kier molecular flexibility index (Phi) is 6.55. The van der Waals surface area contributed by atoms with Crippen molar-refractivity contribution >= 4 is 32.9 Å². The van der Waals surface area contributed by atoms with Crippen LogP contribution in [0.3, 0.4) is 0 Å². The summed E-state index contributed by atoms with van der Waals surface area (Å²) in [6.07, 6.45) is 0.867. The van der Waals surface area contributed by atoms with Crippen molar-refractivity contribution in [3.63, 3.8) is 0 Å². The molecule has 1 aromatic carbocycles. The molecule has 0 bridgehead atoms. The Labute approximate surface area is 96.4 Å². The molecule has 0 aliphatic carbocycles. The van der Waals surface area contributed by atoms with Gasteiger partial charge >= 0.3 is 0 Å². The molecule has 0 aliphatic heterocycles. The van der Waals surface area contributed by atoms with Crippen molar-refractivity contribution in [1.29, 1.82) is 0 Å². The van der Waals surface area contributed by atoms with Gasteiger partial charge in [-0.25, -0.2) is 4.39 Å². The Balaban J connectivity index is 0.00000144. The van der Waals surface area contributed by atoms with Gasteiger partial charge in [-0.2, -0.15) is 0 Å². The minimum atomic E-state index is -0.218. The number of hydrogen-bond acceptors (Lipinski definition) is 1. The Morgan fingerprint density at radius 1 is 1.31 bits per heavy atom. The molecule has 0 aliphatic rings. The van der Waals surface area contributed by atoms with Crippen molar-refractivity contribution in [1.82, 2.24) is 0 Å². The number of hydrogen-bond donors (Lipinski definition) is 1. The molecule has 1 aromatic rings. The Hall–Kier alpha value is 0.0700. The molecule has 0 spiro atoms. The second-order valence-corrected chi connectivity index (χ2v) is 3.43. The average Bonchev–Trinajstić information content (AvgIpc) is 2.06. The Morgan fingerprint density at radius 2 is 1.85 bits per heavy atom. The van der Waals surface area contributed by atoms with Gasteiger partial charge in [0.05, 0.1) is 0 Å². The second-order valence-electron chi connectivity index (χ2n) is 2.64. The quantitative estimate of drug-likeness (QED) is 0.852.